The van der Waals surface area contributed by atoms with Crippen molar-refractivity contribution in [1.82, 2.24) is 4.98 Å². The Hall–Kier alpha value is -1.91. The van der Waals surface area contributed by atoms with Gasteiger partial charge in [-0.15, -0.1) is 11.8 Å². The summed E-state index contributed by atoms with van der Waals surface area (Å²) < 4.78 is 28.0. The summed E-state index contributed by atoms with van der Waals surface area (Å²) in [5.74, 6) is -0.924. The Morgan fingerprint density at radius 3 is 2.46 bits per heavy atom. The predicted octanol–water partition coefficient (Wildman–Crippen LogP) is 6.20. The number of benzene rings is 2. The molecule has 0 aliphatic rings. The van der Waals surface area contributed by atoms with E-state index in [0.29, 0.717) is 10.7 Å². The maximum absolute atomic E-state index is 14.3. The number of thioether (sulfide) groups is 1. The molecule has 1 atom stereocenters. The minimum absolute atomic E-state index is 0.271. The van der Waals surface area contributed by atoms with Crippen LogP contribution >= 0.6 is 23.4 Å². The monoisotopic (exact) mass is 361 g/mol. The van der Waals surface area contributed by atoms with Crippen molar-refractivity contribution in [3.8, 4) is 0 Å². The van der Waals surface area contributed by atoms with Gasteiger partial charge < -0.3 is 0 Å². The fourth-order valence-corrected chi connectivity index (χ4v) is 3.60. The topological polar surface area (TPSA) is 12.9 Å². The first-order valence-corrected chi connectivity index (χ1v) is 8.58. The number of hydrogen-bond acceptors (Lipinski definition) is 2. The van der Waals surface area contributed by atoms with E-state index in [2.05, 4.69) is 4.98 Å². The van der Waals surface area contributed by atoms with Crippen molar-refractivity contribution < 1.29 is 8.78 Å². The molecule has 2 aromatic carbocycles. The van der Waals surface area contributed by atoms with Gasteiger partial charge in [0, 0.05) is 21.7 Å². The van der Waals surface area contributed by atoms with Crippen LogP contribution in [0.15, 0.2) is 65.7 Å². The summed E-state index contributed by atoms with van der Waals surface area (Å²) >= 11 is 7.33. The van der Waals surface area contributed by atoms with E-state index in [1.165, 1.54) is 17.8 Å². The first kappa shape index (κ1) is 16.9. The molecule has 122 valence electrons. The Balaban J connectivity index is 2.06. The zero-order valence-electron chi connectivity index (χ0n) is 12.8. The molecule has 0 bridgehead atoms. The quantitative estimate of drug-likeness (QED) is 0.513. The van der Waals surface area contributed by atoms with Crippen LogP contribution < -0.4 is 0 Å². The SMILES string of the molecule is Cc1ccnc(C(Sc2ccc(Cl)cc2)c2cc(F)ccc2F)c1. The summed E-state index contributed by atoms with van der Waals surface area (Å²) in [7, 11) is 0. The van der Waals surface area contributed by atoms with Gasteiger partial charge in [-0.3, -0.25) is 4.98 Å². The fraction of sp³-hybridized carbons (Fsp3) is 0.105. The first-order valence-electron chi connectivity index (χ1n) is 7.32. The molecule has 24 heavy (non-hydrogen) atoms. The van der Waals surface area contributed by atoms with Crippen LogP contribution in [-0.4, -0.2) is 4.98 Å². The van der Waals surface area contributed by atoms with Crippen molar-refractivity contribution in [1.29, 1.82) is 0 Å². The van der Waals surface area contributed by atoms with Crippen molar-refractivity contribution in [3.63, 3.8) is 0 Å². The highest BCUT2D eigenvalue weighted by atomic mass is 35.5. The standard InChI is InChI=1S/C19H14ClF2NS/c1-12-8-9-23-18(10-12)19(16-11-14(21)4-7-17(16)22)24-15-5-2-13(20)3-6-15/h2-11,19H,1H3. The van der Waals surface area contributed by atoms with Gasteiger partial charge in [-0.2, -0.15) is 0 Å². The maximum atomic E-state index is 14.3. The van der Waals surface area contributed by atoms with Crippen molar-refractivity contribution in [2.24, 2.45) is 0 Å². The molecule has 0 fully saturated rings. The third-order valence-corrected chi connectivity index (χ3v) is 5.04. The van der Waals surface area contributed by atoms with Crippen molar-refractivity contribution in [2.75, 3.05) is 0 Å². The predicted molar refractivity (Wildman–Crippen MR) is 94.5 cm³/mol. The Kier molecular flexibility index (Phi) is 5.17. The lowest BCUT2D eigenvalue weighted by molar-refractivity contribution is 0.587. The van der Waals surface area contributed by atoms with Gasteiger partial charge in [-0.1, -0.05) is 11.6 Å². The summed E-state index contributed by atoms with van der Waals surface area (Å²) in [6.07, 6.45) is 1.68. The molecule has 0 aliphatic carbocycles. The van der Waals surface area contributed by atoms with Crippen LogP contribution in [0, 0.1) is 18.6 Å². The lowest BCUT2D eigenvalue weighted by Crippen LogP contribution is -2.03. The number of nitrogens with zero attached hydrogens (tertiary/aromatic N) is 1. The summed E-state index contributed by atoms with van der Waals surface area (Å²) in [6.45, 7) is 1.94. The molecule has 1 unspecified atom stereocenters. The molecule has 0 aliphatic heterocycles. The third-order valence-electron chi connectivity index (χ3n) is 3.51. The molecule has 5 heteroatoms. The number of aryl methyl sites for hydroxylation is 1. The van der Waals surface area contributed by atoms with Crippen LogP contribution in [0.1, 0.15) is 22.1 Å². The molecule has 3 rings (SSSR count). The van der Waals surface area contributed by atoms with Crippen LogP contribution in [-0.2, 0) is 0 Å². The molecule has 0 N–H and O–H groups in total. The summed E-state index contributed by atoms with van der Waals surface area (Å²) in [6, 6.07) is 14.5. The normalized spacial score (nSPS) is 12.2. The van der Waals surface area contributed by atoms with Gasteiger partial charge in [0.2, 0.25) is 0 Å². The smallest absolute Gasteiger partial charge is 0.128 e. The lowest BCUT2D eigenvalue weighted by atomic mass is 10.1. The van der Waals surface area contributed by atoms with Gasteiger partial charge in [-0.05, 0) is 67.1 Å². The number of aromatic nitrogens is 1. The number of rotatable bonds is 4. The Bertz CT molecular complexity index is 852. The van der Waals surface area contributed by atoms with E-state index in [1.54, 1.807) is 18.3 Å². The molecule has 3 aromatic rings. The van der Waals surface area contributed by atoms with Gasteiger partial charge in [0.25, 0.3) is 0 Å². The number of hydrogen-bond donors (Lipinski definition) is 0. The molecule has 0 amide bonds. The molecule has 0 saturated carbocycles. The number of halogens is 3. The second kappa shape index (κ2) is 7.32. The highest BCUT2D eigenvalue weighted by Gasteiger charge is 2.21. The molecular weight excluding hydrogens is 348 g/mol. The minimum atomic E-state index is -0.472. The van der Waals surface area contributed by atoms with E-state index in [0.717, 1.165) is 22.6 Å². The second-order valence-electron chi connectivity index (χ2n) is 5.38. The lowest BCUT2D eigenvalue weighted by Gasteiger charge is -2.18. The largest absolute Gasteiger partial charge is 0.260 e. The van der Waals surface area contributed by atoms with Crippen LogP contribution in [0.5, 0.6) is 0 Å². The van der Waals surface area contributed by atoms with Crippen molar-refractivity contribution >= 4 is 23.4 Å². The summed E-state index contributed by atoms with van der Waals surface area (Å²) in [5.41, 5.74) is 1.96. The van der Waals surface area contributed by atoms with Crippen LogP contribution in [0.25, 0.3) is 0 Å². The first-order chi connectivity index (χ1) is 11.5. The van der Waals surface area contributed by atoms with E-state index in [9.17, 15) is 8.78 Å². The van der Waals surface area contributed by atoms with Crippen molar-refractivity contribution in [3.05, 3.63) is 94.3 Å². The Morgan fingerprint density at radius 2 is 1.75 bits per heavy atom. The van der Waals surface area contributed by atoms with Gasteiger partial charge in [0.15, 0.2) is 0 Å². The van der Waals surface area contributed by atoms with E-state index in [-0.39, 0.29) is 5.56 Å². The van der Waals surface area contributed by atoms with E-state index >= 15 is 0 Å². The zero-order valence-corrected chi connectivity index (χ0v) is 14.4. The highest BCUT2D eigenvalue weighted by molar-refractivity contribution is 7.99. The van der Waals surface area contributed by atoms with E-state index in [1.807, 2.05) is 31.2 Å². The molecule has 1 aromatic heterocycles. The van der Waals surface area contributed by atoms with Crippen molar-refractivity contribution in [2.45, 2.75) is 17.1 Å². The van der Waals surface area contributed by atoms with Crippen LogP contribution in [0.4, 0.5) is 8.78 Å². The van der Waals surface area contributed by atoms with Crippen LogP contribution in [0.2, 0.25) is 5.02 Å². The summed E-state index contributed by atoms with van der Waals surface area (Å²) in [4.78, 5) is 5.26. The van der Waals surface area contributed by atoms with Gasteiger partial charge >= 0.3 is 0 Å². The van der Waals surface area contributed by atoms with Gasteiger partial charge in [0.1, 0.15) is 11.6 Å². The highest BCUT2D eigenvalue weighted by Crippen LogP contribution is 2.41. The second-order valence-corrected chi connectivity index (χ2v) is 6.99. The average Bonchev–Trinajstić information content (AvgIpc) is 2.57. The van der Waals surface area contributed by atoms with E-state index < -0.39 is 16.9 Å². The average molecular weight is 362 g/mol. The minimum Gasteiger partial charge on any atom is -0.260 e. The molecule has 1 nitrogen and oxygen atoms in total. The molecular formula is C19H14ClF2NS. The fourth-order valence-electron chi connectivity index (χ4n) is 2.35. The Labute approximate surface area is 148 Å². The molecule has 0 spiro atoms. The molecule has 1 heterocycles. The Morgan fingerprint density at radius 1 is 1.00 bits per heavy atom. The summed E-state index contributed by atoms with van der Waals surface area (Å²) in [5, 5.41) is 0.170. The zero-order chi connectivity index (χ0) is 17.1. The number of pyridine rings is 1. The van der Waals surface area contributed by atoms with E-state index in [4.69, 9.17) is 11.6 Å². The van der Waals surface area contributed by atoms with Gasteiger partial charge in [0.05, 0.1) is 10.9 Å². The molecule has 0 radical (unpaired) electrons. The van der Waals surface area contributed by atoms with Gasteiger partial charge in [-0.25, -0.2) is 8.78 Å². The molecule has 0 saturated heterocycles. The van der Waals surface area contributed by atoms with Crippen LogP contribution in [0.3, 0.4) is 0 Å². The maximum Gasteiger partial charge on any atom is 0.128 e. The third kappa shape index (κ3) is 3.94.